The van der Waals surface area contributed by atoms with Gasteiger partial charge >= 0.3 is 0 Å². The molecule has 0 aromatic heterocycles. The topological polar surface area (TPSA) is 56.2 Å². The van der Waals surface area contributed by atoms with Crippen molar-refractivity contribution in [1.82, 2.24) is 9.80 Å². The minimum atomic E-state index is 0.243. The smallest absolute Gasteiger partial charge is 0.162 e. The van der Waals surface area contributed by atoms with Crippen LogP contribution in [0.4, 0.5) is 0 Å². The number of benzene rings is 1. The lowest BCUT2D eigenvalue weighted by Crippen LogP contribution is -2.56. The van der Waals surface area contributed by atoms with Crippen molar-refractivity contribution in [1.29, 1.82) is 0 Å². The van der Waals surface area contributed by atoms with Gasteiger partial charge in [0.25, 0.3) is 0 Å². The summed E-state index contributed by atoms with van der Waals surface area (Å²) in [6.45, 7) is 6.47. The van der Waals surface area contributed by atoms with Crippen LogP contribution >= 0.6 is 0 Å². The number of rotatable bonds is 7. The molecule has 0 amide bonds. The van der Waals surface area contributed by atoms with Crippen LogP contribution in [0.15, 0.2) is 18.2 Å². The van der Waals surface area contributed by atoms with Gasteiger partial charge < -0.3 is 14.9 Å². The van der Waals surface area contributed by atoms with Crippen LogP contribution < -0.4 is 4.74 Å². The van der Waals surface area contributed by atoms with Crippen LogP contribution in [-0.4, -0.2) is 64.9 Å². The highest BCUT2D eigenvalue weighted by atomic mass is 16.5. The molecular weight excluding hydrogens is 316 g/mol. The van der Waals surface area contributed by atoms with Gasteiger partial charge in [0.05, 0.1) is 6.61 Å². The molecule has 1 aromatic carbocycles. The number of aromatic hydroxyl groups is 1. The number of hydrogen-bond donors (Lipinski definition) is 2. The number of para-hydroxylation sites is 1. The summed E-state index contributed by atoms with van der Waals surface area (Å²) < 4.78 is 5.50. The first-order valence-electron chi connectivity index (χ1n) is 9.75. The number of ether oxygens (including phenoxy) is 1. The van der Waals surface area contributed by atoms with Crippen molar-refractivity contribution in [2.45, 2.75) is 57.7 Å². The number of phenols is 1. The number of piperazine rings is 1. The monoisotopic (exact) mass is 348 g/mol. The Morgan fingerprint density at radius 3 is 2.72 bits per heavy atom. The van der Waals surface area contributed by atoms with Crippen molar-refractivity contribution in [3.05, 3.63) is 23.8 Å². The summed E-state index contributed by atoms with van der Waals surface area (Å²) in [6.07, 6.45) is 6.12. The highest BCUT2D eigenvalue weighted by Gasteiger charge is 2.33. The van der Waals surface area contributed by atoms with Crippen LogP contribution in [0, 0.1) is 0 Å². The molecule has 0 bridgehead atoms. The number of aliphatic hydroxyl groups excluding tert-OH is 1. The fourth-order valence-electron chi connectivity index (χ4n) is 4.41. The van der Waals surface area contributed by atoms with Crippen LogP contribution in [0.1, 0.15) is 44.6 Å². The molecule has 0 unspecified atom stereocenters. The van der Waals surface area contributed by atoms with E-state index in [0.717, 1.165) is 38.2 Å². The highest BCUT2D eigenvalue weighted by molar-refractivity contribution is 5.45. The lowest BCUT2D eigenvalue weighted by molar-refractivity contribution is 0.0264. The summed E-state index contributed by atoms with van der Waals surface area (Å²) in [4.78, 5) is 5.03. The predicted octanol–water partition coefficient (Wildman–Crippen LogP) is 2.60. The van der Waals surface area contributed by atoms with E-state index in [1.54, 1.807) is 0 Å². The summed E-state index contributed by atoms with van der Waals surface area (Å²) in [6, 6.07) is 6.85. The Kier molecular flexibility index (Phi) is 6.57. The molecule has 1 saturated heterocycles. The summed E-state index contributed by atoms with van der Waals surface area (Å²) in [7, 11) is 0. The molecule has 1 saturated carbocycles. The van der Waals surface area contributed by atoms with Crippen molar-refractivity contribution in [2.24, 2.45) is 0 Å². The van der Waals surface area contributed by atoms with Crippen molar-refractivity contribution in [3.63, 3.8) is 0 Å². The van der Waals surface area contributed by atoms with Gasteiger partial charge in [0, 0.05) is 50.4 Å². The van der Waals surface area contributed by atoms with Crippen molar-refractivity contribution >= 4 is 0 Å². The van der Waals surface area contributed by atoms with Crippen molar-refractivity contribution in [2.75, 3.05) is 32.8 Å². The van der Waals surface area contributed by atoms with Gasteiger partial charge in [-0.1, -0.05) is 25.0 Å². The van der Waals surface area contributed by atoms with E-state index < -0.39 is 0 Å². The maximum Gasteiger partial charge on any atom is 0.162 e. The molecule has 1 aliphatic carbocycles. The van der Waals surface area contributed by atoms with Crippen LogP contribution in [0.2, 0.25) is 0 Å². The molecule has 2 aliphatic rings. The second-order valence-corrected chi connectivity index (χ2v) is 7.27. The van der Waals surface area contributed by atoms with E-state index in [1.165, 1.54) is 25.7 Å². The van der Waals surface area contributed by atoms with E-state index in [4.69, 9.17) is 4.74 Å². The second-order valence-electron chi connectivity index (χ2n) is 7.27. The molecule has 3 rings (SSSR count). The first-order chi connectivity index (χ1) is 12.2. The number of phenolic OH excluding ortho intramolecular Hbond substituents is 1. The van der Waals surface area contributed by atoms with E-state index in [0.29, 0.717) is 24.4 Å². The standard InChI is InChI=1S/C20H32N2O3/c1-2-25-19-9-5-6-16(20(19)24)14-21-11-12-22(17-7-3-4-8-17)18(15-21)10-13-23/h5-6,9,17-18,23-24H,2-4,7-8,10-15H2,1H3/t18-/m0/s1. The van der Waals surface area contributed by atoms with Gasteiger partial charge in [-0.2, -0.15) is 0 Å². The first-order valence-corrected chi connectivity index (χ1v) is 9.75. The minimum Gasteiger partial charge on any atom is -0.504 e. The Morgan fingerprint density at radius 2 is 2.00 bits per heavy atom. The molecule has 1 heterocycles. The van der Waals surface area contributed by atoms with Crippen LogP contribution in [-0.2, 0) is 6.54 Å². The van der Waals surface area contributed by atoms with E-state index in [2.05, 4.69) is 9.80 Å². The van der Waals surface area contributed by atoms with Gasteiger partial charge in [0.1, 0.15) is 0 Å². The minimum absolute atomic E-state index is 0.243. The fourth-order valence-corrected chi connectivity index (χ4v) is 4.41. The molecular formula is C20H32N2O3. The average Bonchev–Trinajstić information content (AvgIpc) is 3.14. The average molecular weight is 348 g/mol. The third-order valence-electron chi connectivity index (χ3n) is 5.64. The molecule has 25 heavy (non-hydrogen) atoms. The van der Waals surface area contributed by atoms with E-state index in [-0.39, 0.29) is 12.4 Å². The van der Waals surface area contributed by atoms with Gasteiger partial charge in [-0.05, 0) is 32.3 Å². The Hall–Kier alpha value is -1.30. The Labute approximate surface area is 151 Å². The molecule has 1 atom stereocenters. The normalized spacial score (nSPS) is 23.2. The van der Waals surface area contributed by atoms with E-state index in [9.17, 15) is 10.2 Å². The van der Waals surface area contributed by atoms with Gasteiger partial charge in [-0.25, -0.2) is 0 Å². The first kappa shape index (κ1) is 18.5. The third-order valence-corrected chi connectivity index (χ3v) is 5.64. The molecule has 140 valence electrons. The van der Waals surface area contributed by atoms with Gasteiger partial charge in [0.15, 0.2) is 11.5 Å². The lowest BCUT2D eigenvalue weighted by Gasteiger charge is -2.44. The zero-order valence-electron chi connectivity index (χ0n) is 15.4. The van der Waals surface area contributed by atoms with Crippen LogP contribution in [0.5, 0.6) is 11.5 Å². The molecule has 1 aromatic rings. The SMILES string of the molecule is CCOc1cccc(CN2CCN(C3CCCC3)[C@@H](CCO)C2)c1O. The molecule has 2 N–H and O–H groups in total. The van der Waals surface area contributed by atoms with Gasteiger partial charge in [-0.3, -0.25) is 9.80 Å². The largest absolute Gasteiger partial charge is 0.504 e. The maximum atomic E-state index is 10.4. The zero-order chi connectivity index (χ0) is 17.6. The van der Waals surface area contributed by atoms with Gasteiger partial charge in [0.2, 0.25) is 0 Å². The summed E-state index contributed by atoms with van der Waals surface area (Å²) in [5.41, 5.74) is 0.919. The number of aliphatic hydroxyl groups is 1. The molecule has 5 heteroatoms. The highest BCUT2D eigenvalue weighted by Crippen LogP contribution is 2.32. The lowest BCUT2D eigenvalue weighted by atomic mass is 10.0. The number of hydrogen-bond acceptors (Lipinski definition) is 5. The Balaban J connectivity index is 1.65. The molecule has 5 nitrogen and oxygen atoms in total. The molecule has 0 spiro atoms. The quantitative estimate of drug-likeness (QED) is 0.793. The Bertz CT molecular complexity index is 546. The Morgan fingerprint density at radius 1 is 1.20 bits per heavy atom. The van der Waals surface area contributed by atoms with E-state index in [1.807, 2.05) is 25.1 Å². The maximum absolute atomic E-state index is 10.4. The molecule has 1 aliphatic heterocycles. The predicted molar refractivity (Wildman–Crippen MR) is 99.0 cm³/mol. The van der Waals surface area contributed by atoms with Crippen LogP contribution in [0.25, 0.3) is 0 Å². The van der Waals surface area contributed by atoms with E-state index >= 15 is 0 Å². The van der Waals surface area contributed by atoms with Crippen molar-refractivity contribution < 1.29 is 14.9 Å². The van der Waals surface area contributed by atoms with Gasteiger partial charge in [-0.15, -0.1) is 0 Å². The zero-order valence-corrected chi connectivity index (χ0v) is 15.4. The third kappa shape index (κ3) is 4.46. The number of nitrogens with zero attached hydrogens (tertiary/aromatic N) is 2. The fraction of sp³-hybridized carbons (Fsp3) is 0.700. The molecule has 2 fully saturated rings. The van der Waals surface area contributed by atoms with Crippen LogP contribution in [0.3, 0.4) is 0 Å². The summed E-state index contributed by atoms with van der Waals surface area (Å²) in [5, 5.41) is 19.9. The summed E-state index contributed by atoms with van der Waals surface area (Å²) in [5.74, 6) is 0.831. The molecule has 0 radical (unpaired) electrons. The van der Waals surface area contributed by atoms with Crippen molar-refractivity contribution in [3.8, 4) is 11.5 Å². The second kappa shape index (κ2) is 8.88. The summed E-state index contributed by atoms with van der Waals surface area (Å²) >= 11 is 0.